The number of rotatable bonds is 10. The molecule has 8 nitrogen and oxygen atoms in total. The van der Waals surface area contributed by atoms with E-state index in [-0.39, 0.29) is 11.8 Å². The fourth-order valence-electron chi connectivity index (χ4n) is 3.16. The second-order valence-electron chi connectivity index (χ2n) is 8.36. The van der Waals surface area contributed by atoms with Crippen LogP contribution in [-0.4, -0.2) is 47.7 Å². The Hall–Kier alpha value is -2.45. The number of carbonyl (C=O) groups excluding carboxylic acids is 2. The number of carbonyl (C=O) groups is 3. The molecule has 8 heteroatoms. The van der Waals surface area contributed by atoms with Gasteiger partial charge in [0, 0.05) is 12.1 Å². The van der Waals surface area contributed by atoms with Crippen LogP contribution in [-0.2, 0) is 23.9 Å². The van der Waals surface area contributed by atoms with Gasteiger partial charge in [-0.15, -0.1) is 0 Å². The predicted octanol–water partition coefficient (Wildman–Crippen LogP) is 2.25. The van der Waals surface area contributed by atoms with Crippen molar-refractivity contribution in [2.75, 3.05) is 6.54 Å². The Morgan fingerprint density at radius 2 is 1.63 bits per heavy atom. The summed E-state index contributed by atoms with van der Waals surface area (Å²) in [4.78, 5) is 37.1. The molecule has 1 aliphatic heterocycles. The molecule has 0 bridgehead atoms. The molecule has 2 unspecified atom stereocenters. The second-order valence-corrected chi connectivity index (χ2v) is 8.36. The summed E-state index contributed by atoms with van der Waals surface area (Å²) >= 11 is 0. The van der Waals surface area contributed by atoms with E-state index in [1.54, 1.807) is 24.3 Å². The topological polar surface area (TPSA) is 114 Å². The molecule has 1 heterocycles. The van der Waals surface area contributed by atoms with Crippen LogP contribution in [0.2, 0.25) is 0 Å². The lowest BCUT2D eigenvalue weighted by atomic mass is 10.0. The molecular formula is C22H32N2O6. The van der Waals surface area contributed by atoms with Crippen molar-refractivity contribution >= 4 is 17.8 Å². The fraction of sp³-hybridized carbons (Fsp3) is 0.591. The summed E-state index contributed by atoms with van der Waals surface area (Å²) in [5.41, 5.74) is 0.615. The van der Waals surface area contributed by atoms with Crippen molar-refractivity contribution in [2.24, 2.45) is 11.8 Å². The molecule has 1 saturated heterocycles. The Kier molecular flexibility index (Phi) is 8.80. The van der Waals surface area contributed by atoms with E-state index in [1.165, 1.54) is 0 Å². The summed E-state index contributed by atoms with van der Waals surface area (Å²) in [6, 6.07) is 8.03. The van der Waals surface area contributed by atoms with Gasteiger partial charge in [0.1, 0.15) is 6.04 Å². The van der Waals surface area contributed by atoms with Crippen LogP contribution in [0.5, 0.6) is 0 Å². The number of hydrogen-bond acceptors (Lipinski definition) is 5. The van der Waals surface area contributed by atoms with Gasteiger partial charge in [0.25, 0.3) is 5.91 Å². The minimum Gasteiger partial charge on any atom is -0.479 e. The smallest absolute Gasteiger partial charge is 0.336 e. The highest BCUT2D eigenvalue weighted by atomic mass is 16.7. The summed E-state index contributed by atoms with van der Waals surface area (Å²) in [6.45, 7) is 8.53. The lowest BCUT2D eigenvalue weighted by molar-refractivity contribution is -0.152. The number of ether oxygens (including phenoxy) is 2. The number of benzene rings is 1. The van der Waals surface area contributed by atoms with Gasteiger partial charge in [0.05, 0.1) is 0 Å². The Morgan fingerprint density at radius 1 is 1.00 bits per heavy atom. The molecule has 0 aliphatic carbocycles. The normalized spacial score (nSPS) is 22.1. The van der Waals surface area contributed by atoms with Crippen molar-refractivity contribution in [1.82, 2.24) is 10.6 Å². The summed E-state index contributed by atoms with van der Waals surface area (Å²) in [7, 11) is 0. The average molecular weight is 421 g/mol. The number of hydrogen-bond donors (Lipinski definition) is 3. The Labute approximate surface area is 177 Å². The van der Waals surface area contributed by atoms with Gasteiger partial charge < -0.3 is 25.2 Å². The highest BCUT2D eigenvalue weighted by molar-refractivity contribution is 5.92. The number of carboxylic acids is 1. The third-order valence-corrected chi connectivity index (χ3v) is 4.75. The summed E-state index contributed by atoms with van der Waals surface area (Å²) in [5.74, 6) is -1.66. The maximum Gasteiger partial charge on any atom is 0.336 e. The van der Waals surface area contributed by atoms with E-state index in [0.717, 1.165) is 6.42 Å². The highest BCUT2D eigenvalue weighted by Gasteiger charge is 2.46. The molecule has 3 N–H and O–H groups in total. The molecule has 2 rings (SSSR count). The second kappa shape index (κ2) is 11.1. The molecule has 1 aliphatic rings. The summed E-state index contributed by atoms with van der Waals surface area (Å²) in [5, 5.41) is 15.0. The maximum atomic E-state index is 12.9. The lowest BCUT2D eigenvalue weighted by Gasteiger charge is -2.22. The molecule has 1 fully saturated rings. The molecule has 1 aromatic carbocycles. The van der Waals surface area contributed by atoms with E-state index in [1.807, 2.05) is 19.9 Å². The Balaban J connectivity index is 2.08. The van der Waals surface area contributed by atoms with Gasteiger partial charge in [0.15, 0.2) is 18.5 Å². The van der Waals surface area contributed by atoms with Crippen LogP contribution in [0.25, 0.3) is 0 Å². The van der Waals surface area contributed by atoms with Crippen molar-refractivity contribution in [2.45, 2.75) is 65.1 Å². The molecule has 4 atom stereocenters. The molecular weight excluding hydrogens is 388 g/mol. The van der Waals surface area contributed by atoms with Crippen molar-refractivity contribution in [3.63, 3.8) is 0 Å². The highest BCUT2D eigenvalue weighted by Crippen LogP contribution is 2.31. The fourth-order valence-corrected chi connectivity index (χ4v) is 3.16. The van der Waals surface area contributed by atoms with E-state index in [9.17, 15) is 19.5 Å². The monoisotopic (exact) mass is 420 g/mol. The van der Waals surface area contributed by atoms with Crippen LogP contribution in [0.15, 0.2) is 30.3 Å². The van der Waals surface area contributed by atoms with Crippen molar-refractivity contribution in [3.05, 3.63) is 35.9 Å². The molecule has 0 aromatic heterocycles. The van der Waals surface area contributed by atoms with Crippen molar-refractivity contribution in [1.29, 1.82) is 0 Å². The molecule has 0 spiro atoms. The first-order valence-corrected chi connectivity index (χ1v) is 10.4. The van der Waals surface area contributed by atoms with Crippen LogP contribution in [0.3, 0.4) is 0 Å². The summed E-state index contributed by atoms with van der Waals surface area (Å²) < 4.78 is 11.1. The zero-order chi connectivity index (χ0) is 22.3. The third kappa shape index (κ3) is 6.81. The molecule has 30 heavy (non-hydrogen) atoms. The van der Waals surface area contributed by atoms with Gasteiger partial charge in [-0.2, -0.15) is 0 Å². The minimum atomic E-state index is -1.46. The van der Waals surface area contributed by atoms with E-state index >= 15 is 0 Å². The average Bonchev–Trinajstić information content (AvgIpc) is 3.13. The first-order valence-electron chi connectivity index (χ1n) is 10.4. The molecule has 166 valence electrons. The molecule has 0 saturated carbocycles. The summed E-state index contributed by atoms with van der Waals surface area (Å²) in [6.07, 6.45) is -2.53. The van der Waals surface area contributed by atoms with Crippen LogP contribution in [0.1, 0.15) is 52.4 Å². The SMILES string of the molecule is CC(C)CCNC(=O)C(CC(C)C)NC(=O)[C@H]1OC(c2ccccc2)O[C@@H]1C(=O)O. The lowest BCUT2D eigenvalue weighted by Crippen LogP contribution is -2.53. The first-order chi connectivity index (χ1) is 14.2. The number of amides is 2. The quantitative estimate of drug-likeness (QED) is 0.535. The van der Waals surface area contributed by atoms with Crippen LogP contribution in [0.4, 0.5) is 0 Å². The van der Waals surface area contributed by atoms with Gasteiger partial charge in [0.2, 0.25) is 5.91 Å². The van der Waals surface area contributed by atoms with Crippen molar-refractivity contribution in [3.8, 4) is 0 Å². The third-order valence-electron chi connectivity index (χ3n) is 4.75. The van der Waals surface area contributed by atoms with Gasteiger partial charge in [-0.05, 0) is 24.7 Å². The molecule has 1 aromatic rings. The van der Waals surface area contributed by atoms with E-state index < -0.39 is 36.4 Å². The minimum absolute atomic E-state index is 0.152. The molecule has 0 radical (unpaired) electrons. The Bertz CT molecular complexity index is 722. The predicted molar refractivity (Wildman–Crippen MR) is 110 cm³/mol. The van der Waals surface area contributed by atoms with Crippen LogP contribution < -0.4 is 10.6 Å². The van der Waals surface area contributed by atoms with Crippen molar-refractivity contribution < 1.29 is 29.0 Å². The zero-order valence-electron chi connectivity index (χ0n) is 18.0. The number of carboxylic acid groups (broad SMARTS) is 1. The van der Waals surface area contributed by atoms with Gasteiger partial charge >= 0.3 is 5.97 Å². The standard InChI is InChI=1S/C22H32N2O6/c1-13(2)10-11-23-19(25)16(12-14(3)4)24-20(26)17-18(21(27)28)30-22(29-17)15-8-6-5-7-9-15/h5-9,13-14,16-18,22H,10-12H2,1-4H3,(H,23,25)(H,24,26)(H,27,28)/t16?,17-,18-,22?/m0/s1. The number of aliphatic carboxylic acids is 1. The van der Waals surface area contributed by atoms with Crippen LogP contribution in [0, 0.1) is 11.8 Å². The van der Waals surface area contributed by atoms with Crippen LogP contribution >= 0.6 is 0 Å². The largest absolute Gasteiger partial charge is 0.479 e. The first kappa shape index (κ1) is 23.8. The van der Waals surface area contributed by atoms with Gasteiger partial charge in [-0.3, -0.25) is 9.59 Å². The Morgan fingerprint density at radius 3 is 2.20 bits per heavy atom. The van der Waals surface area contributed by atoms with E-state index in [0.29, 0.717) is 24.4 Å². The van der Waals surface area contributed by atoms with Gasteiger partial charge in [-0.25, -0.2) is 4.79 Å². The number of nitrogens with one attached hydrogen (secondary N) is 2. The molecule has 2 amide bonds. The zero-order valence-corrected chi connectivity index (χ0v) is 18.0. The van der Waals surface area contributed by atoms with Gasteiger partial charge in [-0.1, -0.05) is 58.0 Å². The maximum absolute atomic E-state index is 12.9. The van der Waals surface area contributed by atoms with E-state index in [4.69, 9.17) is 9.47 Å². The van der Waals surface area contributed by atoms with E-state index in [2.05, 4.69) is 24.5 Å².